The summed E-state index contributed by atoms with van der Waals surface area (Å²) in [4.78, 5) is 0. The third kappa shape index (κ3) is 1.23. The number of fused-ring (bicyclic) bond motifs is 1. The van der Waals surface area contributed by atoms with Crippen LogP contribution in [0.15, 0.2) is 6.07 Å². The molecule has 0 unspecified atom stereocenters. The van der Waals surface area contributed by atoms with E-state index in [2.05, 4.69) is 26.4 Å². The van der Waals surface area contributed by atoms with E-state index in [4.69, 9.17) is 0 Å². The van der Waals surface area contributed by atoms with Gasteiger partial charge in [0.1, 0.15) is 0 Å². The molecule has 7 heteroatoms. The molecule has 3 rings (SSSR count). The van der Waals surface area contributed by atoms with Crippen molar-refractivity contribution in [3.8, 4) is 10.3 Å². The molecule has 0 aromatic heterocycles. The maximum atomic E-state index is 4.42. The molecule has 0 aromatic rings. The van der Waals surface area contributed by atoms with E-state index in [9.17, 15) is 0 Å². The van der Waals surface area contributed by atoms with Crippen molar-refractivity contribution in [1.29, 1.82) is 0 Å². The van der Waals surface area contributed by atoms with E-state index in [1.54, 1.807) is 19.8 Å². The molecule has 0 atom stereocenters. The maximum absolute atomic E-state index is 4.42. The van der Waals surface area contributed by atoms with E-state index in [0.717, 1.165) is 11.3 Å². The Bertz CT molecular complexity index is 589. The Labute approximate surface area is 92.2 Å². The molecule has 0 saturated heterocycles. The van der Waals surface area contributed by atoms with Crippen LogP contribution >= 0.6 is 19.8 Å². The van der Waals surface area contributed by atoms with Gasteiger partial charge in [0.2, 0.25) is 0 Å². The predicted molar refractivity (Wildman–Crippen MR) is 55.7 cm³/mol. The van der Waals surface area contributed by atoms with Crippen LogP contribution in [0, 0.1) is 9.57 Å². The monoisotopic (exact) mass is 342 g/mol. The molecule has 0 spiro atoms. The summed E-state index contributed by atoms with van der Waals surface area (Å²) in [7, 11) is 5.45. The zero-order valence-corrected chi connectivity index (χ0v) is 11.6. The first kappa shape index (κ1) is 8.53. The fraction of sp³-hybridized carbons (Fsp3) is 0.167. The molecule has 0 radical (unpaired) electrons. The molecule has 3 nitrogen and oxygen atoms in total. The third-order valence-corrected chi connectivity index (χ3v) is 8.24. The van der Waals surface area contributed by atoms with Gasteiger partial charge < -0.3 is 0 Å². The van der Waals surface area contributed by atoms with Crippen LogP contribution < -0.4 is 4.37 Å². The zero-order valence-electron chi connectivity index (χ0n) is 6.55. The van der Waals surface area contributed by atoms with Crippen molar-refractivity contribution in [2.75, 3.05) is 0 Å². The van der Waals surface area contributed by atoms with Gasteiger partial charge in [0.15, 0.2) is 0 Å². The molecule has 0 amide bonds. The quantitative estimate of drug-likeness (QED) is 0.561. The molecule has 3 aliphatic heterocycles. The fourth-order valence-electron chi connectivity index (χ4n) is 1.20. The summed E-state index contributed by atoms with van der Waals surface area (Å²) < 4.78 is 13.8. The Morgan fingerprint density at radius 2 is 2.46 bits per heavy atom. The topological polar surface area (TPSA) is 31.9 Å². The molecule has 0 bridgehead atoms. The normalized spacial score (nSPS) is 11.5. The molecule has 3 aliphatic rings. The molecule has 13 heavy (non-hydrogen) atoms. The molecule has 3 heterocycles. The first-order valence-corrected chi connectivity index (χ1v) is 10.8. The van der Waals surface area contributed by atoms with Crippen LogP contribution in [0.3, 0.4) is 0 Å². The van der Waals surface area contributed by atoms with Gasteiger partial charge in [-0.15, -0.1) is 0 Å². The second-order valence-corrected chi connectivity index (χ2v) is 9.39. The Balaban J connectivity index is 2.68. The van der Waals surface area contributed by atoms with E-state index in [0.29, 0.717) is 26.7 Å². The van der Waals surface area contributed by atoms with E-state index >= 15 is 0 Å². The molecule has 0 aliphatic carbocycles. The van der Waals surface area contributed by atoms with Crippen molar-refractivity contribution in [3.05, 3.63) is 15.6 Å². The Hall–Kier alpha value is 0.229. The van der Waals surface area contributed by atoms with Crippen molar-refractivity contribution in [2.45, 2.75) is 0 Å². The number of aromatic nitrogens is 3. The minimum atomic E-state index is 0.492. The number of nitrogens with zero attached hydrogens (tertiary/aromatic N) is 3. The SMILES string of the molecule is Cn1c2ns[se]c-2cc2[se]s[n-]c1=2. The summed E-state index contributed by atoms with van der Waals surface area (Å²) in [6.07, 6.45) is 0. The van der Waals surface area contributed by atoms with Crippen LogP contribution in [0.25, 0.3) is 10.3 Å². The average Bonchev–Trinajstić information content (AvgIpc) is 2.71. The Morgan fingerprint density at radius 3 is 3.38 bits per heavy atom. The van der Waals surface area contributed by atoms with Crippen LogP contribution in [0.2, 0.25) is 0 Å². The van der Waals surface area contributed by atoms with Gasteiger partial charge in [-0.3, -0.25) is 0 Å². The van der Waals surface area contributed by atoms with Crippen LogP contribution in [0.5, 0.6) is 0 Å². The van der Waals surface area contributed by atoms with Gasteiger partial charge in [0, 0.05) is 0 Å². The second-order valence-electron chi connectivity index (χ2n) is 2.58. The molecule has 0 saturated carbocycles. The molecule has 0 aromatic carbocycles. The summed E-state index contributed by atoms with van der Waals surface area (Å²) >= 11 is 0.983. The van der Waals surface area contributed by atoms with Gasteiger partial charge in [-0.1, -0.05) is 0 Å². The molecule has 0 N–H and O–H groups in total. The third-order valence-electron chi connectivity index (χ3n) is 1.84. The molecule has 0 fully saturated rings. The van der Waals surface area contributed by atoms with Gasteiger partial charge in [0.25, 0.3) is 0 Å². The summed E-state index contributed by atoms with van der Waals surface area (Å²) in [5.74, 6) is 1.13. The Morgan fingerprint density at radius 1 is 1.54 bits per heavy atom. The van der Waals surface area contributed by atoms with Crippen molar-refractivity contribution in [2.24, 2.45) is 7.05 Å². The summed E-state index contributed by atoms with van der Waals surface area (Å²) in [6, 6.07) is 2.30. The number of hydrogen-bond acceptors (Lipinski definition) is 3. The minimum absolute atomic E-state index is 0.492. The first-order chi connectivity index (χ1) is 6.36. The standard InChI is InChI=1S/C6H4N3S2Se2/c1-9-5-3(12-10-7-5)2-4-6(9)8-11-13-4/h2H,1H3/q-1. The van der Waals surface area contributed by atoms with Gasteiger partial charge in [0.05, 0.1) is 0 Å². The van der Waals surface area contributed by atoms with Gasteiger partial charge in [-0.05, 0) is 0 Å². The molecular formula is C6H4N3S2Se2-. The van der Waals surface area contributed by atoms with Crippen LogP contribution in [0.4, 0.5) is 0 Å². The van der Waals surface area contributed by atoms with E-state index < -0.39 is 0 Å². The first-order valence-electron chi connectivity index (χ1n) is 3.53. The molecule has 68 valence electrons. The van der Waals surface area contributed by atoms with Crippen molar-refractivity contribution >= 4 is 46.5 Å². The van der Waals surface area contributed by atoms with Crippen molar-refractivity contribution in [3.63, 3.8) is 0 Å². The van der Waals surface area contributed by atoms with Gasteiger partial charge >= 0.3 is 92.8 Å². The van der Waals surface area contributed by atoms with Gasteiger partial charge in [-0.2, -0.15) is 0 Å². The van der Waals surface area contributed by atoms with E-state index in [-0.39, 0.29) is 0 Å². The van der Waals surface area contributed by atoms with E-state index in [1.165, 1.54) is 8.53 Å². The Kier molecular flexibility index (Phi) is 2.05. The van der Waals surface area contributed by atoms with Crippen molar-refractivity contribution < 1.29 is 0 Å². The second kappa shape index (κ2) is 3.12. The van der Waals surface area contributed by atoms with Crippen LogP contribution in [-0.4, -0.2) is 35.6 Å². The summed E-state index contributed by atoms with van der Waals surface area (Å²) in [6.45, 7) is 0. The zero-order chi connectivity index (χ0) is 8.84. The fourth-order valence-corrected chi connectivity index (χ4v) is 8.08. The molecular weight excluding hydrogens is 336 g/mol. The number of rotatable bonds is 0. The van der Waals surface area contributed by atoms with Gasteiger partial charge in [-0.25, -0.2) is 0 Å². The van der Waals surface area contributed by atoms with E-state index in [1.807, 2.05) is 0 Å². The summed E-state index contributed by atoms with van der Waals surface area (Å²) in [5.41, 5.74) is 1.13. The van der Waals surface area contributed by atoms with Crippen LogP contribution in [-0.2, 0) is 7.05 Å². The predicted octanol–water partition coefficient (Wildman–Crippen LogP) is 0.568. The van der Waals surface area contributed by atoms with Crippen LogP contribution in [0.1, 0.15) is 0 Å². The summed E-state index contributed by atoms with van der Waals surface area (Å²) in [5, 5.41) is 0. The van der Waals surface area contributed by atoms with Crippen molar-refractivity contribution in [1.82, 2.24) is 13.3 Å². The average molecular weight is 340 g/mol. The number of hydrogen-bond donors (Lipinski definition) is 0.